The van der Waals surface area contributed by atoms with Gasteiger partial charge in [-0.2, -0.15) is 0 Å². The van der Waals surface area contributed by atoms with Gasteiger partial charge in [-0.05, 0) is 49.6 Å². The van der Waals surface area contributed by atoms with Crippen LogP contribution in [0, 0.1) is 0 Å². The number of ether oxygens (including phenoxy) is 2. The summed E-state index contributed by atoms with van der Waals surface area (Å²) in [6.45, 7) is 2.63. The smallest absolute Gasteiger partial charge is 0.344 e. The monoisotopic (exact) mass is 474 g/mol. The molecule has 2 N–H and O–H groups in total. The molecule has 1 aromatic heterocycles. The zero-order valence-electron chi connectivity index (χ0n) is 21.8. The van der Waals surface area contributed by atoms with Crippen molar-refractivity contribution in [3.63, 3.8) is 0 Å². The van der Waals surface area contributed by atoms with E-state index in [1.165, 1.54) is 19.9 Å². The lowest BCUT2D eigenvalue weighted by atomic mass is 9.88. The van der Waals surface area contributed by atoms with Crippen LogP contribution in [0.2, 0.25) is 5.02 Å². The Labute approximate surface area is 200 Å². The molecule has 172 valence electrons. The van der Waals surface area contributed by atoms with Crippen LogP contribution in [-0.2, 0) is 25.5 Å². The summed E-state index contributed by atoms with van der Waals surface area (Å²) in [4.78, 5) is 55.0. The van der Waals surface area contributed by atoms with Gasteiger partial charge >= 0.3 is 11.9 Å². The van der Waals surface area contributed by atoms with Gasteiger partial charge in [-0.1, -0.05) is 29.8 Å². The fourth-order valence-corrected chi connectivity index (χ4v) is 3.35. The lowest BCUT2D eigenvalue weighted by Crippen LogP contribution is -2.63. The molecular weight excluding hydrogens is 448 g/mol. The third-order valence-corrected chi connectivity index (χ3v) is 4.88. The van der Waals surface area contributed by atoms with Crippen molar-refractivity contribution in [2.45, 2.75) is 25.8 Å². The Hall–Kier alpha value is -3.65. The summed E-state index contributed by atoms with van der Waals surface area (Å²) in [7, 11) is 0. The van der Waals surface area contributed by atoms with Crippen LogP contribution in [0.5, 0.6) is 0 Å². The molecule has 0 atom stereocenters. The summed E-state index contributed by atoms with van der Waals surface area (Å²) in [5.41, 5.74) is -3.19. The van der Waals surface area contributed by atoms with Crippen molar-refractivity contribution in [3.8, 4) is 0 Å². The highest BCUT2D eigenvalue weighted by atomic mass is 35.5. The summed E-state index contributed by atoms with van der Waals surface area (Å²) in [6.07, 6.45) is -0.573. The molecule has 1 amide bonds. The zero-order chi connectivity index (χ0) is 27.5. The molecule has 0 aliphatic carbocycles. The number of para-hydroxylation sites is 1. The molecule has 33 heavy (non-hydrogen) atoms. The number of nitrogens with one attached hydrogen (secondary N) is 2. The van der Waals surface area contributed by atoms with E-state index in [1.807, 2.05) is 0 Å². The SMILES string of the molecule is [2H]c1c([2H])c(C(=O)NC(Cc2cc(=O)[nH]c3ccccc23)(C(=O)OCC)C(=O)OCC)c([2H])c([2H])c1Cl. The van der Waals surface area contributed by atoms with Crippen molar-refractivity contribution in [2.24, 2.45) is 0 Å². The van der Waals surface area contributed by atoms with Gasteiger partial charge in [0.2, 0.25) is 11.1 Å². The molecule has 0 aliphatic rings. The number of carbonyl (C=O) groups excluding carboxylic acids is 3. The van der Waals surface area contributed by atoms with Gasteiger partial charge in [-0.3, -0.25) is 9.59 Å². The number of halogens is 1. The van der Waals surface area contributed by atoms with E-state index in [9.17, 15) is 19.2 Å². The van der Waals surface area contributed by atoms with Crippen LogP contribution in [0.25, 0.3) is 10.9 Å². The first kappa shape index (κ1) is 18.9. The van der Waals surface area contributed by atoms with Gasteiger partial charge in [0.15, 0.2) is 0 Å². The Morgan fingerprint density at radius 1 is 1.06 bits per heavy atom. The molecule has 1 heterocycles. The molecule has 0 fully saturated rings. The fourth-order valence-electron chi connectivity index (χ4n) is 3.26. The minimum Gasteiger partial charge on any atom is -0.464 e. The largest absolute Gasteiger partial charge is 0.464 e. The number of fused-ring (bicyclic) bond motifs is 1. The normalized spacial score (nSPS) is 12.8. The Kier molecular flexibility index (Phi) is 5.90. The number of benzene rings is 2. The highest BCUT2D eigenvalue weighted by Gasteiger charge is 2.51. The van der Waals surface area contributed by atoms with E-state index >= 15 is 0 Å². The van der Waals surface area contributed by atoms with Crippen LogP contribution in [-0.4, -0.2) is 41.6 Å². The van der Waals surface area contributed by atoms with Crippen LogP contribution in [0.3, 0.4) is 0 Å². The van der Waals surface area contributed by atoms with Crippen LogP contribution >= 0.6 is 11.6 Å². The average Bonchev–Trinajstić information content (AvgIpc) is 2.86. The third kappa shape index (κ3) is 5.23. The van der Waals surface area contributed by atoms with Crippen molar-refractivity contribution in [1.29, 1.82) is 0 Å². The number of carbonyl (C=O) groups is 3. The number of pyridine rings is 1. The van der Waals surface area contributed by atoms with E-state index in [-0.39, 0.29) is 18.8 Å². The number of aromatic amines is 1. The molecule has 0 saturated heterocycles. The Morgan fingerprint density at radius 3 is 2.27 bits per heavy atom. The number of rotatable bonds is 8. The molecule has 0 spiro atoms. The molecule has 8 nitrogen and oxygen atoms in total. The van der Waals surface area contributed by atoms with Crippen LogP contribution in [0.4, 0.5) is 0 Å². The maximum absolute atomic E-state index is 13.4. The first-order chi connectivity index (χ1) is 17.5. The Morgan fingerprint density at radius 2 is 1.67 bits per heavy atom. The maximum Gasteiger partial charge on any atom is 0.344 e. The first-order valence-corrected chi connectivity index (χ1v) is 10.4. The predicted molar refractivity (Wildman–Crippen MR) is 123 cm³/mol. The third-order valence-electron chi connectivity index (χ3n) is 4.69. The maximum atomic E-state index is 13.4. The van der Waals surface area contributed by atoms with E-state index in [2.05, 4.69) is 10.3 Å². The molecule has 0 bridgehead atoms. The van der Waals surface area contributed by atoms with Gasteiger partial charge < -0.3 is 19.8 Å². The second kappa shape index (κ2) is 10.3. The van der Waals surface area contributed by atoms with Crippen molar-refractivity contribution in [3.05, 3.63) is 81.0 Å². The van der Waals surface area contributed by atoms with Gasteiger partial charge in [-0.25, -0.2) is 9.59 Å². The van der Waals surface area contributed by atoms with Gasteiger partial charge in [0, 0.05) is 34.0 Å². The lowest BCUT2D eigenvalue weighted by Gasteiger charge is -2.30. The molecule has 9 heteroatoms. The van der Waals surface area contributed by atoms with E-state index in [1.54, 1.807) is 24.3 Å². The number of hydrogen-bond donors (Lipinski definition) is 2. The van der Waals surface area contributed by atoms with Crippen molar-refractivity contribution < 1.29 is 29.3 Å². The highest BCUT2D eigenvalue weighted by molar-refractivity contribution is 6.30. The fraction of sp³-hybridized carbons (Fsp3) is 0.250. The summed E-state index contributed by atoms with van der Waals surface area (Å²) in [6, 6.07) is 4.89. The van der Waals surface area contributed by atoms with E-state index in [4.69, 9.17) is 26.6 Å². The zero-order valence-corrected chi connectivity index (χ0v) is 18.6. The first-order valence-electron chi connectivity index (χ1n) is 12.0. The molecule has 0 aliphatic heterocycles. The number of esters is 2. The molecule has 0 saturated carbocycles. The number of H-pyrrole nitrogens is 1. The number of amides is 1. The van der Waals surface area contributed by atoms with E-state index in [0.29, 0.717) is 10.9 Å². The minimum atomic E-state index is -2.54. The van der Waals surface area contributed by atoms with Gasteiger partial charge in [0.25, 0.3) is 5.91 Å². The van der Waals surface area contributed by atoms with E-state index < -0.39 is 70.1 Å². The Balaban J connectivity index is 2.25. The minimum absolute atomic E-state index is 0.173. The summed E-state index contributed by atoms with van der Waals surface area (Å²) in [5, 5.41) is 2.23. The Bertz CT molecular complexity index is 1410. The molecule has 2 aromatic carbocycles. The van der Waals surface area contributed by atoms with Gasteiger partial charge in [-0.15, -0.1) is 0 Å². The van der Waals surface area contributed by atoms with Gasteiger partial charge in [0.1, 0.15) is 0 Å². The standard InChI is InChI=1S/C24H23ClN2O6/c1-3-32-22(30)24(23(31)33-4-2,27-21(29)15-9-11-17(25)12-10-15)14-16-13-20(28)26-19-8-6-5-7-18(16)19/h5-13H,3-4,14H2,1-2H3,(H,26,28)(H,27,29)/i9D,10D,11D,12D. The second-order valence-electron chi connectivity index (χ2n) is 6.87. The quantitative estimate of drug-likeness (QED) is 0.383. The lowest BCUT2D eigenvalue weighted by molar-refractivity contribution is -0.165. The number of aromatic nitrogens is 1. The van der Waals surface area contributed by atoms with Gasteiger partial charge in [0.05, 0.1) is 18.7 Å². The molecule has 3 aromatic rings. The highest BCUT2D eigenvalue weighted by Crippen LogP contribution is 2.24. The second-order valence-corrected chi connectivity index (χ2v) is 7.25. The topological polar surface area (TPSA) is 115 Å². The number of hydrogen-bond acceptors (Lipinski definition) is 6. The molecular formula is C24H23ClN2O6. The molecule has 0 radical (unpaired) electrons. The predicted octanol–water partition coefficient (Wildman–Crippen LogP) is 3.02. The summed E-state index contributed by atoms with van der Waals surface area (Å²) >= 11 is 5.83. The van der Waals surface area contributed by atoms with E-state index in [0.717, 1.165) is 0 Å². The van der Waals surface area contributed by atoms with Crippen LogP contribution in [0.1, 0.15) is 35.3 Å². The summed E-state index contributed by atoms with van der Waals surface area (Å²) < 4.78 is 42.3. The van der Waals surface area contributed by atoms with Crippen molar-refractivity contribution >= 4 is 40.3 Å². The van der Waals surface area contributed by atoms with Crippen molar-refractivity contribution in [1.82, 2.24) is 10.3 Å². The van der Waals surface area contributed by atoms with Crippen molar-refractivity contribution in [2.75, 3.05) is 13.2 Å². The van der Waals surface area contributed by atoms with Crippen LogP contribution in [0.15, 0.2) is 59.3 Å². The molecule has 3 rings (SSSR count). The summed E-state index contributed by atoms with van der Waals surface area (Å²) in [5.74, 6) is -3.67. The van der Waals surface area contributed by atoms with Crippen LogP contribution < -0.4 is 10.9 Å². The average molecular weight is 475 g/mol. The molecule has 0 unspecified atom stereocenters.